The lowest BCUT2D eigenvalue weighted by Crippen LogP contribution is -2.34. The van der Waals surface area contributed by atoms with Gasteiger partial charge in [-0.1, -0.05) is 30.3 Å². The third-order valence-electron chi connectivity index (χ3n) is 2.68. The van der Waals surface area contributed by atoms with E-state index in [4.69, 9.17) is 4.74 Å². The molecule has 0 saturated heterocycles. The summed E-state index contributed by atoms with van der Waals surface area (Å²) in [5.74, 6) is 0. The fourth-order valence-electron chi connectivity index (χ4n) is 1.86. The van der Waals surface area contributed by atoms with Crippen molar-refractivity contribution in [3.05, 3.63) is 59.1 Å². The predicted molar refractivity (Wildman–Crippen MR) is 89.0 cm³/mol. The Kier molecular flexibility index (Phi) is 4.68. The summed E-state index contributed by atoms with van der Waals surface area (Å²) in [5.41, 5.74) is 0.961. The number of halogens is 1. The van der Waals surface area contributed by atoms with Crippen molar-refractivity contribution < 1.29 is 9.53 Å². The van der Waals surface area contributed by atoms with E-state index in [0.29, 0.717) is 0 Å². The molecule has 4 heteroatoms. The number of hydrogen-bond acceptors (Lipinski definition) is 2. The molecule has 110 valence electrons. The monoisotopic (exact) mass is 347 g/mol. The van der Waals surface area contributed by atoms with Gasteiger partial charge in [-0.3, -0.25) is 0 Å². The minimum Gasteiger partial charge on any atom is -0.443 e. The Morgan fingerprint density at radius 2 is 1.57 bits per heavy atom. The van der Waals surface area contributed by atoms with E-state index >= 15 is 0 Å². The molecule has 0 heterocycles. The number of carbonyl (C=O) groups is 1. The number of nitrogens with zero attached hydrogens (tertiary/aromatic N) is 1. The molecule has 0 bridgehead atoms. The van der Waals surface area contributed by atoms with Crippen LogP contribution in [0.1, 0.15) is 20.8 Å². The molecule has 3 nitrogen and oxygen atoms in total. The molecular weight excluding hydrogens is 330 g/mol. The predicted octanol–water partition coefficient (Wildman–Crippen LogP) is 5.52. The van der Waals surface area contributed by atoms with Crippen molar-refractivity contribution >= 4 is 33.4 Å². The van der Waals surface area contributed by atoms with Gasteiger partial charge in [-0.05, 0) is 61.0 Å². The maximum absolute atomic E-state index is 12.6. The van der Waals surface area contributed by atoms with Gasteiger partial charge in [-0.2, -0.15) is 0 Å². The number of anilines is 2. The van der Waals surface area contributed by atoms with Crippen molar-refractivity contribution in [1.82, 2.24) is 0 Å². The van der Waals surface area contributed by atoms with E-state index in [9.17, 15) is 4.79 Å². The van der Waals surface area contributed by atoms with Crippen molar-refractivity contribution in [3.8, 4) is 0 Å². The highest BCUT2D eigenvalue weighted by Gasteiger charge is 2.25. The molecule has 2 aromatic carbocycles. The Bertz CT molecular complexity index is 620. The van der Waals surface area contributed by atoms with Gasteiger partial charge >= 0.3 is 6.09 Å². The Hall–Kier alpha value is -1.81. The van der Waals surface area contributed by atoms with Gasteiger partial charge in [0.25, 0.3) is 0 Å². The van der Waals surface area contributed by atoms with E-state index in [-0.39, 0.29) is 0 Å². The lowest BCUT2D eigenvalue weighted by Gasteiger charge is -2.28. The average molecular weight is 348 g/mol. The number of hydrogen-bond donors (Lipinski definition) is 0. The highest BCUT2D eigenvalue weighted by molar-refractivity contribution is 9.10. The van der Waals surface area contributed by atoms with Crippen molar-refractivity contribution in [2.24, 2.45) is 0 Å². The first-order chi connectivity index (χ1) is 9.88. The number of benzene rings is 2. The molecule has 21 heavy (non-hydrogen) atoms. The smallest absolute Gasteiger partial charge is 0.419 e. The largest absolute Gasteiger partial charge is 0.443 e. The molecule has 0 atom stereocenters. The fourth-order valence-corrected chi connectivity index (χ4v) is 2.32. The van der Waals surface area contributed by atoms with Gasteiger partial charge in [0.1, 0.15) is 5.60 Å². The molecule has 1 amide bonds. The molecular formula is C17H18BrNO2. The van der Waals surface area contributed by atoms with Crippen molar-refractivity contribution in [2.45, 2.75) is 26.4 Å². The number of para-hydroxylation sites is 2. The maximum atomic E-state index is 12.6. The highest BCUT2D eigenvalue weighted by Crippen LogP contribution is 2.33. The number of ether oxygens (including phenoxy) is 1. The minimum atomic E-state index is -0.550. The lowest BCUT2D eigenvalue weighted by molar-refractivity contribution is 0.0599. The van der Waals surface area contributed by atoms with Crippen LogP contribution in [0.25, 0.3) is 0 Å². The second-order valence-electron chi connectivity index (χ2n) is 5.60. The number of amides is 1. The fraction of sp³-hybridized carbons (Fsp3) is 0.235. The number of carbonyl (C=O) groups excluding carboxylic acids is 1. The minimum absolute atomic E-state index is 0.402. The first-order valence-corrected chi connectivity index (χ1v) is 7.50. The summed E-state index contributed by atoms with van der Waals surface area (Å²) < 4.78 is 6.36. The molecule has 0 aliphatic carbocycles. The zero-order chi connectivity index (χ0) is 15.5. The van der Waals surface area contributed by atoms with Crippen LogP contribution >= 0.6 is 15.9 Å². The Balaban J connectivity index is 2.46. The van der Waals surface area contributed by atoms with E-state index in [1.807, 2.05) is 75.4 Å². The standard InChI is InChI=1S/C17H18BrNO2/c1-17(2,3)21-16(20)19(13-9-5-4-6-10-13)15-12-8-7-11-14(15)18/h4-12H,1-3H3. The first-order valence-electron chi connectivity index (χ1n) is 6.71. The van der Waals surface area contributed by atoms with Gasteiger partial charge in [0.15, 0.2) is 0 Å². The van der Waals surface area contributed by atoms with Crippen LogP contribution in [0.15, 0.2) is 59.1 Å². The third-order valence-corrected chi connectivity index (χ3v) is 3.35. The normalized spacial score (nSPS) is 11.0. The van der Waals surface area contributed by atoms with Gasteiger partial charge in [0, 0.05) is 4.47 Å². The zero-order valence-corrected chi connectivity index (χ0v) is 13.9. The highest BCUT2D eigenvalue weighted by atomic mass is 79.9. The summed E-state index contributed by atoms with van der Waals surface area (Å²) in [5, 5.41) is 0. The Morgan fingerprint density at radius 3 is 2.14 bits per heavy atom. The summed E-state index contributed by atoms with van der Waals surface area (Å²) >= 11 is 3.49. The molecule has 0 aliphatic rings. The topological polar surface area (TPSA) is 29.5 Å². The van der Waals surface area contributed by atoms with E-state index in [2.05, 4.69) is 15.9 Å². The van der Waals surface area contributed by atoms with E-state index in [1.54, 1.807) is 4.90 Å². The van der Waals surface area contributed by atoms with Gasteiger partial charge in [-0.25, -0.2) is 9.69 Å². The number of rotatable bonds is 2. The second-order valence-corrected chi connectivity index (χ2v) is 6.46. The molecule has 0 spiro atoms. The van der Waals surface area contributed by atoms with Crippen LogP contribution in [0.2, 0.25) is 0 Å². The summed E-state index contributed by atoms with van der Waals surface area (Å²) in [4.78, 5) is 14.2. The molecule has 0 N–H and O–H groups in total. The van der Waals surface area contributed by atoms with Gasteiger partial charge in [-0.15, -0.1) is 0 Å². The molecule has 0 fully saturated rings. The zero-order valence-electron chi connectivity index (χ0n) is 12.3. The molecule has 0 unspecified atom stereocenters. The summed E-state index contributed by atoms with van der Waals surface area (Å²) in [6, 6.07) is 17.0. The van der Waals surface area contributed by atoms with Crippen LogP contribution in [-0.2, 0) is 4.74 Å². The van der Waals surface area contributed by atoms with Crippen molar-refractivity contribution in [2.75, 3.05) is 4.90 Å². The van der Waals surface area contributed by atoms with Gasteiger partial charge < -0.3 is 4.74 Å². The van der Waals surface area contributed by atoms with E-state index < -0.39 is 11.7 Å². The van der Waals surface area contributed by atoms with Gasteiger partial charge in [0.2, 0.25) is 0 Å². The summed E-state index contributed by atoms with van der Waals surface area (Å²) in [6.07, 6.45) is -0.402. The van der Waals surface area contributed by atoms with Crippen LogP contribution in [0, 0.1) is 0 Å². The van der Waals surface area contributed by atoms with Crippen molar-refractivity contribution in [1.29, 1.82) is 0 Å². The van der Waals surface area contributed by atoms with E-state index in [0.717, 1.165) is 15.8 Å². The van der Waals surface area contributed by atoms with Gasteiger partial charge in [0.05, 0.1) is 11.4 Å². The van der Waals surface area contributed by atoms with Crippen LogP contribution in [0.3, 0.4) is 0 Å². The average Bonchev–Trinajstić information content (AvgIpc) is 2.40. The SMILES string of the molecule is CC(C)(C)OC(=O)N(c1ccccc1)c1ccccc1Br. The van der Waals surface area contributed by atoms with E-state index in [1.165, 1.54) is 0 Å². The van der Waals surface area contributed by atoms with Crippen LogP contribution in [-0.4, -0.2) is 11.7 Å². The molecule has 0 saturated carbocycles. The Morgan fingerprint density at radius 1 is 1.00 bits per heavy atom. The third kappa shape index (κ3) is 4.08. The molecule has 0 radical (unpaired) electrons. The first kappa shape index (κ1) is 15.6. The second kappa shape index (κ2) is 6.31. The van der Waals surface area contributed by atoms with Crippen LogP contribution in [0.5, 0.6) is 0 Å². The lowest BCUT2D eigenvalue weighted by atomic mass is 10.2. The van der Waals surface area contributed by atoms with Crippen molar-refractivity contribution in [3.63, 3.8) is 0 Å². The van der Waals surface area contributed by atoms with Crippen LogP contribution < -0.4 is 4.90 Å². The summed E-state index contributed by atoms with van der Waals surface area (Å²) in [6.45, 7) is 5.57. The Labute approximate surface area is 133 Å². The molecule has 0 aromatic heterocycles. The summed E-state index contributed by atoms with van der Waals surface area (Å²) in [7, 11) is 0. The maximum Gasteiger partial charge on any atom is 0.419 e. The quantitative estimate of drug-likeness (QED) is 0.715. The van der Waals surface area contributed by atoms with Crippen LogP contribution in [0.4, 0.5) is 16.2 Å². The molecule has 2 aromatic rings. The molecule has 2 rings (SSSR count). The molecule has 0 aliphatic heterocycles.